The Labute approximate surface area is 53.8 Å². The van der Waals surface area contributed by atoms with Gasteiger partial charge in [0.25, 0.3) is 0 Å². The van der Waals surface area contributed by atoms with Crippen molar-refractivity contribution < 1.29 is 44.0 Å². The van der Waals surface area contributed by atoms with Crippen LogP contribution in [0.4, 0.5) is 0 Å². The number of rotatable bonds is 0. The summed E-state index contributed by atoms with van der Waals surface area (Å²) in [6.45, 7) is 0. The molecular formula is HNO2Tb. The Balaban J connectivity index is 0. The summed E-state index contributed by atoms with van der Waals surface area (Å²) in [6.07, 6.45) is 0. The van der Waals surface area contributed by atoms with E-state index in [1.807, 2.05) is 0 Å². The van der Waals surface area contributed by atoms with Crippen molar-refractivity contribution in [1.82, 2.24) is 0 Å². The molecule has 0 aliphatic rings. The monoisotopic (exact) mass is 206 g/mol. The SMILES string of the molecule is O=[NH+][O-].[Tb]. The molecule has 0 saturated carbocycles. The molecule has 0 aromatic rings. The predicted octanol–water partition coefficient (Wildman–Crippen LogP) is -1.67. The molecule has 0 unspecified atom stereocenters. The van der Waals surface area contributed by atoms with E-state index < -0.39 is 0 Å². The third-order valence-electron chi connectivity index (χ3n) is 0. The van der Waals surface area contributed by atoms with Gasteiger partial charge in [0.2, 0.25) is 0 Å². The normalized spacial score (nSPS) is 3.00. The zero-order chi connectivity index (χ0) is 2.71. The summed E-state index contributed by atoms with van der Waals surface area (Å²) in [6, 6.07) is 0. The van der Waals surface area contributed by atoms with Crippen LogP contribution in [0.25, 0.3) is 0 Å². The summed E-state index contributed by atoms with van der Waals surface area (Å²) in [5.41, 5.74) is 0. The van der Waals surface area contributed by atoms with E-state index in [0.29, 0.717) is 0 Å². The molecule has 0 bridgehead atoms. The molecule has 0 aromatic carbocycles. The van der Waals surface area contributed by atoms with Crippen LogP contribution in [0.1, 0.15) is 0 Å². The minimum Gasteiger partial charge on any atom is -0.267 e. The third-order valence-corrected chi connectivity index (χ3v) is 0. The van der Waals surface area contributed by atoms with E-state index in [1.165, 1.54) is 0 Å². The molecule has 0 spiro atoms. The molecule has 0 aromatic heterocycles. The fourth-order valence-corrected chi connectivity index (χ4v) is 0. The third kappa shape index (κ3) is 16.2. The zero-order valence-corrected chi connectivity index (χ0v) is 3.79. The van der Waals surface area contributed by atoms with E-state index in [1.54, 1.807) is 0 Å². The van der Waals surface area contributed by atoms with Crippen LogP contribution in [0.2, 0.25) is 0 Å². The van der Waals surface area contributed by atoms with Crippen molar-refractivity contribution in [2.45, 2.75) is 0 Å². The molecule has 1 radical (unpaired) electrons. The molecule has 0 fully saturated rings. The van der Waals surface area contributed by atoms with Crippen molar-refractivity contribution in [3.8, 4) is 0 Å². The minimum atomic E-state index is 0. The predicted molar refractivity (Wildman–Crippen MR) is 7.70 cm³/mol. The number of hydrogen-bond donors (Lipinski definition) is 1. The van der Waals surface area contributed by atoms with Gasteiger partial charge in [-0.05, 0) is 0 Å². The van der Waals surface area contributed by atoms with Gasteiger partial charge in [0.15, 0.2) is 0 Å². The average Bonchev–Trinajstić information content (AvgIpc) is 0.918. The molecular weight excluding hydrogens is 205 g/mol. The molecule has 0 aliphatic carbocycles. The fourth-order valence-electron chi connectivity index (χ4n) is 0. The molecule has 27 valence electrons. The largest absolute Gasteiger partial charge is 0.267 e. The van der Waals surface area contributed by atoms with Gasteiger partial charge in [-0.3, -0.25) is 10.1 Å². The van der Waals surface area contributed by atoms with Crippen molar-refractivity contribution in [2.24, 2.45) is 0 Å². The van der Waals surface area contributed by atoms with Gasteiger partial charge in [-0.2, -0.15) is 0 Å². The van der Waals surface area contributed by atoms with E-state index in [2.05, 4.69) is 0 Å². The van der Waals surface area contributed by atoms with Crippen molar-refractivity contribution in [3.05, 3.63) is 10.1 Å². The van der Waals surface area contributed by atoms with Gasteiger partial charge in [0.1, 0.15) is 0 Å². The maximum atomic E-state index is 8.12. The smallest absolute Gasteiger partial charge is 0.00366 e. The van der Waals surface area contributed by atoms with Crippen LogP contribution in [-0.4, -0.2) is 0 Å². The number of hydrogen-bond acceptors (Lipinski definition) is 2. The Bertz CT molecular complexity index is 13.5. The molecule has 0 saturated heterocycles. The second-order valence-corrected chi connectivity index (χ2v) is 0.0833. The molecule has 0 aliphatic heterocycles. The van der Waals surface area contributed by atoms with Crippen LogP contribution in [0.5, 0.6) is 0 Å². The van der Waals surface area contributed by atoms with Crippen LogP contribution < -0.4 is 5.34 Å². The first-order chi connectivity index (χ1) is 1.41. The first-order valence-corrected chi connectivity index (χ1v) is 0.408. The van der Waals surface area contributed by atoms with E-state index in [-0.39, 0.29) is 44.0 Å². The summed E-state index contributed by atoms with van der Waals surface area (Å²) in [7, 11) is 0. The number of nitrogens with one attached hydrogen (secondary N) is 1. The van der Waals surface area contributed by atoms with E-state index >= 15 is 0 Å². The van der Waals surface area contributed by atoms with Crippen molar-refractivity contribution in [2.75, 3.05) is 0 Å². The van der Waals surface area contributed by atoms with E-state index in [9.17, 15) is 0 Å². The van der Waals surface area contributed by atoms with Crippen LogP contribution in [0.15, 0.2) is 0 Å². The quantitative estimate of drug-likeness (QED) is 0.380. The summed E-state index contributed by atoms with van der Waals surface area (Å²) in [4.78, 5) is 8.12. The van der Waals surface area contributed by atoms with E-state index in [4.69, 9.17) is 10.1 Å². The molecule has 0 rings (SSSR count). The zero-order valence-electron chi connectivity index (χ0n) is 1.65. The van der Waals surface area contributed by atoms with Gasteiger partial charge >= 0.3 is 0 Å². The van der Waals surface area contributed by atoms with Crippen molar-refractivity contribution in [3.63, 3.8) is 0 Å². The molecule has 0 amide bonds. The van der Waals surface area contributed by atoms with Gasteiger partial charge in [-0.1, -0.05) is 0 Å². The molecule has 3 nitrogen and oxygen atoms in total. The van der Waals surface area contributed by atoms with E-state index in [0.717, 1.165) is 0 Å². The molecule has 0 atom stereocenters. The Kier molecular flexibility index (Phi) is 20.6. The Morgan fingerprint density at radius 2 is 1.75 bits per heavy atom. The van der Waals surface area contributed by atoms with Gasteiger partial charge in [-0.25, -0.2) is 0 Å². The topological polar surface area (TPSA) is 54.1 Å². The van der Waals surface area contributed by atoms with Gasteiger partial charge in [0, 0.05) is 44.0 Å². The second kappa shape index (κ2) is 9.36. The summed E-state index contributed by atoms with van der Waals surface area (Å²) in [5, 5.41) is 8.38. The Hall–Kier alpha value is 0.686. The minimum absolute atomic E-state index is 0. The Morgan fingerprint density at radius 1 is 1.75 bits per heavy atom. The summed E-state index contributed by atoms with van der Waals surface area (Å²) >= 11 is 0. The van der Waals surface area contributed by atoms with Crippen molar-refractivity contribution in [1.29, 1.82) is 0 Å². The Morgan fingerprint density at radius 3 is 1.75 bits per heavy atom. The fraction of sp³-hybridized carbons (Fsp3) is 0. The van der Waals surface area contributed by atoms with Gasteiger partial charge in [-0.15, -0.1) is 0 Å². The first-order valence-electron chi connectivity index (χ1n) is 0.408. The molecule has 0 heterocycles. The summed E-state index contributed by atoms with van der Waals surface area (Å²) in [5.74, 6) is 0. The molecule has 4 heavy (non-hydrogen) atoms. The maximum Gasteiger partial charge on any atom is 0.00366 e. The maximum absolute atomic E-state index is 8.12. The molecule has 4 heteroatoms. The molecule has 1 N–H and O–H groups in total. The average molecular weight is 206 g/mol. The van der Waals surface area contributed by atoms with Gasteiger partial charge in [0.05, 0.1) is 0 Å². The van der Waals surface area contributed by atoms with Crippen molar-refractivity contribution >= 4 is 0 Å². The van der Waals surface area contributed by atoms with Gasteiger partial charge < -0.3 is 0 Å². The summed E-state index contributed by atoms with van der Waals surface area (Å²) < 4.78 is 0. The van der Waals surface area contributed by atoms with Crippen LogP contribution in [0.3, 0.4) is 0 Å². The second-order valence-electron chi connectivity index (χ2n) is 0.0833. The van der Waals surface area contributed by atoms with Crippen LogP contribution in [0, 0.1) is 48.7 Å². The van der Waals surface area contributed by atoms with Crippen LogP contribution >= 0.6 is 0 Å². The van der Waals surface area contributed by atoms with Crippen LogP contribution in [-0.2, 0) is 0 Å². The first kappa shape index (κ1) is 8.82. The standard InChI is InChI=1S/HNO2.Tb/c2-1-3;/h1H;.